The Kier molecular flexibility index (Phi) is 4.61. The Hall–Kier alpha value is -6.18. The first-order valence-corrected chi connectivity index (χ1v) is 16.4. The fraction of sp³-hybridized carbons (Fsp3) is 0.0612. The van der Waals surface area contributed by atoms with Gasteiger partial charge in [0.2, 0.25) is 0 Å². The van der Waals surface area contributed by atoms with Crippen molar-refractivity contribution >= 4 is 27.8 Å². The van der Waals surface area contributed by atoms with E-state index in [1.165, 1.54) is 4.90 Å². The zero-order valence-electron chi connectivity index (χ0n) is 40.3. The third kappa shape index (κ3) is 5.02. The average Bonchev–Trinajstić information content (AvgIpc) is 3.53. The van der Waals surface area contributed by atoms with Crippen LogP contribution in [-0.2, 0) is 5.41 Å². The van der Waals surface area contributed by atoms with E-state index in [2.05, 4.69) is 13.8 Å². The van der Waals surface area contributed by atoms with E-state index in [-0.39, 0.29) is 29.0 Å². The molecule has 0 N–H and O–H groups in total. The van der Waals surface area contributed by atoms with Gasteiger partial charge in [0, 0.05) is 22.5 Å². The predicted molar refractivity (Wildman–Crippen MR) is 213 cm³/mol. The SMILES string of the molecule is [2H]c1c([2H])c([2H])c(-c2c([2H])c([2H])c(N(c3cccc(-c4cccc5ccccc45)c3)c3c([2H])c([2H])c(-c4cccc5c4C(C)(C)c4ccccc4-5)c([2H])c3[2H])c([2H])c2[2H])c([2H])c1[2H]. The van der Waals surface area contributed by atoms with Gasteiger partial charge in [-0.05, 0) is 103 Å². The van der Waals surface area contributed by atoms with Crippen molar-refractivity contribution in [3.05, 3.63) is 199 Å². The predicted octanol–water partition coefficient (Wildman–Crippen LogP) is 13.6. The van der Waals surface area contributed by atoms with Gasteiger partial charge in [0.25, 0.3) is 0 Å². The summed E-state index contributed by atoms with van der Waals surface area (Å²) in [4.78, 5) is 1.21. The van der Waals surface area contributed by atoms with Crippen LogP contribution < -0.4 is 4.90 Å². The molecule has 9 rings (SSSR count). The van der Waals surface area contributed by atoms with Gasteiger partial charge in [-0.15, -0.1) is 0 Å². The van der Waals surface area contributed by atoms with Crippen molar-refractivity contribution in [3.63, 3.8) is 0 Å². The van der Waals surface area contributed by atoms with Crippen molar-refractivity contribution in [2.24, 2.45) is 0 Å². The van der Waals surface area contributed by atoms with Gasteiger partial charge in [0.1, 0.15) is 0 Å². The minimum atomic E-state index is -0.728. The van der Waals surface area contributed by atoms with E-state index in [1.807, 2.05) is 84.9 Å². The first kappa shape index (κ1) is 19.1. The molecule has 0 fully saturated rings. The Bertz CT molecular complexity index is 3170. The minimum absolute atomic E-state index is 0.0621. The van der Waals surface area contributed by atoms with E-state index in [4.69, 9.17) is 6.85 Å². The number of fused-ring (bicyclic) bond motifs is 4. The van der Waals surface area contributed by atoms with Gasteiger partial charge >= 0.3 is 0 Å². The van der Waals surface area contributed by atoms with Gasteiger partial charge in [-0.3, -0.25) is 0 Å². The van der Waals surface area contributed by atoms with Crippen LogP contribution in [0.4, 0.5) is 17.1 Å². The molecule has 0 saturated heterocycles. The van der Waals surface area contributed by atoms with Crippen LogP contribution in [0, 0.1) is 0 Å². The molecule has 238 valence electrons. The van der Waals surface area contributed by atoms with Crippen LogP contribution in [0.5, 0.6) is 0 Å². The molecule has 8 aromatic rings. The molecule has 1 aliphatic carbocycles. The van der Waals surface area contributed by atoms with Crippen molar-refractivity contribution in [1.29, 1.82) is 0 Å². The zero-order chi connectivity index (χ0) is 45.0. The maximum Gasteiger partial charge on any atom is 0.0645 e. The number of rotatable bonds is 6. The van der Waals surface area contributed by atoms with Crippen LogP contribution in [-0.4, -0.2) is 0 Å². The summed E-state index contributed by atoms with van der Waals surface area (Å²) in [6, 6.07) is 26.0. The zero-order valence-corrected chi connectivity index (χ0v) is 27.3. The normalized spacial score (nSPS) is 16.4. The molecule has 0 unspecified atom stereocenters. The molecule has 0 spiro atoms. The number of hydrogen-bond acceptors (Lipinski definition) is 1. The van der Waals surface area contributed by atoms with Crippen molar-refractivity contribution in [3.8, 4) is 44.5 Å². The summed E-state index contributed by atoms with van der Waals surface area (Å²) in [5.41, 5.74) is 3.76. The van der Waals surface area contributed by atoms with Gasteiger partial charge < -0.3 is 4.90 Å². The van der Waals surface area contributed by atoms with Gasteiger partial charge in [-0.2, -0.15) is 0 Å². The topological polar surface area (TPSA) is 3.24 Å². The molecule has 0 bridgehead atoms. The maximum absolute atomic E-state index is 9.69. The molecule has 0 aliphatic heterocycles. The third-order valence-electron chi connectivity index (χ3n) is 9.48. The highest BCUT2D eigenvalue weighted by atomic mass is 15.1. The molecule has 0 aromatic heterocycles. The largest absolute Gasteiger partial charge is 0.310 e. The molecule has 0 heterocycles. The molecule has 0 amide bonds. The molecule has 1 aliphatic rings. The van der Waals surface area contributed by atoms with Gasteiger partial charge in [-0.25, -0.2) is 0 Å². The van der Waals surface area contributed by atoms with Crippen LogP contribution in [0.3, 0.4) is 0 Å². The smallest absolute Gasteiger partial charge is 0.0645 e. The molecule has 0 atom stereocenters. The number of benzene rings is 8. The highest BCUT2D eigenvalue weighted by molar-refractivity contribution is 5.97. The summed E-state index contributed by atoms with van der Waals surface area (Å²) in [7, 11) is 0. The Morgan fingerprint density at radius 3 is 1.82 bits per heavy atom. The second-order valence-corrected chi connectivity index (χ2v) is 12.8. The minimum Gasteiger partial charge on any atom is -0.310 e. The molecule has 0 saturated carbocycles. The Balaban J connectivity index is 1.34. The van der Waals surface area contributed by atoms with Crippen LogP contribution in [0.1, 0.15) is 42.8 Å². The van der Waals surface area contributed by atoms with Crippen LogP contribution in [0.2, 0.25) is 0 Å². The molecule has 1 heteroatoms. The van der Waals surface area contributed by atoms with E-state index >= 15 is 0 Å². The number of hydrogen-bond donors (Lipinski definition) is 0. The van der Waals surface area contributed by atoms with Gasteiger partial charge in [0.05, 0.1) is 17.8 Å². The van der Waals surface area contributed by atoms with Crippen molar-refractivity contribution in [1.82, 2.24) is 0 Å². The molecular weight excluding hydrogens is 603 g/mol. The summed E-state index contributed by atoms with van der Waals surface area (Å²) in [5.74, 6) is 0. The first-order chi connectivity index (χ1) is 30.0. The van der Waals surface area contributed by atoms with E-state index in [1.54, 1.807) is 24.3 Å². The summed E-state index contributed by atoms with van der Waals surface area (Å²) >= 11 is 0. The van der Waals surface area contributed by atoms with Crippen LogP contribution in [0.15, 0.2) is 188 Å². The van der Waals surface area contributed by atoms with E-state index in [9.17, 15) is 11.0 Å². The van der Waals surface area contributed by atoms with Crippen molar-refractivity contribution < 1.29 is 17.8 Å². The fourth-order valence-electron chi connectivity index (χ4n) is 7.19. The first-order valence-electron chi connectivity index (χ1n) is 22.9. The standard InChI is InChI=1S/C49H37N/c1-49(2)47-24-9-8-20-45(47)46-23-12-22-44(48(46)49)37-27-31-40(32-28-37)50(39-29-25-35(26-30-39)34-13-4-3-5-14-34)41-18-10-17-38(33-41)43-21-11-16-36-15-6-7-19-42(36)43/h3-33H,1-2H3/i3D,4D,5D,13D,14D,25D,26D,27D,28D,29D,30D,31D,32D. The molecule has 0 radical (unpaired) electrons. The molecule has 8 aromatic carbocycles. The lowest BCUT2D eigenvalue weighted by atomic mass is 9.79. The van der Waals surface area contributed by atoms with Gasteiger partial charge in [-0.1, -0.05) is 165 Å². The lowest BCUT2D eigenvalue weighted by molar-refractivity contribution is 0.662. The second-order valence-electron chi connectivity index (χ2n) is 12.8. The van der Waals surface area contributed by atoms with E-state index in [0.717, 1.165) is 38.6 Å². The second kappa shape index (κ2) is 12.1. The third-order valence-corrected chi connectivity index (χ3v) is 9.48. The average molecular weight is 653 g/mol. The van der Waals surface area contributed by atoms with E-state index in [0.29, 0.717) is 11.1 Å². The van der Waals surface area contributed by atoms with Crippen molar-refractivity contribution in [2.75, 3.05) is 4.90 Å². The Labute approximate surface area is 313 Å². The van der Waals surface area contributed by atoms with E-state index < -0.39 is 88.7 Å². The maximum atomic E-state index is 9.69. The monoisotopic (exact) mass is 652 g/mol. The molecule has 1 nitrogen and oxygen atoms in total. The summed E-state index contributed by atoms with van der Waals surface area (Å²) in [5, 5.41) is 1.89. The summed E-state index contributed by atoms with van der Waals surface area (Å²) < 4.78 is 118. The number of nitrogens with zero attached hydrogens (tertiary/aromatic N) is 1. The number of anilines is 3. The van der Waals surface area contributed by atoms with Crippen LogP contribution in [0.25, 0.3) is 55.3 Å². The molecular formula is C49H37N. The van der Waals surface area contributed by atoms with Crippen LogP contribution >= 0.6 is 0 Å². The summed E-state index contributed by atoms with van der Waals surface area (Å²) in [6.45, 7) is 4.13. The fourth-order valence-corrected chi connectivity index (χ4v) is 7.19. The molecule has 50 heavy (non-hydrogen) atoms. The lowest BCUT2D eigenvalue weighted by Gasteiger charge is -2.27. The highest BCUT2D eigenvalue weighted by Gasteiger charge is 2.37. The quantitative estimate of drug-likeness (QED) is 0.173. The lowest BCUT2D eigenvalue weighted by Crippen LogP contribution is -2.16. The highest BCUT2D eigenvalue weighted by Crippen LogP contribution is 2.52. The summed E-state index contributed by atoms with van der Waals surface area (Å²) in [6.07, 6.45) is 0. The van der Waals surface area contributed by atoms with Crippen molar-refractivity contribution in [2.45, 2.75) is 19.3 Å². The van der Waals surface area contributed by atoms with Gasteiger partial charge in [0.15, 0.2) is 0 Å². The Morgan fingerprint density at radius 2 is 1.02 bits per heavy atom. The Morgan fingerprint density at radius 1 is 0.440 bits per heavy atom.